The Morgan fingerprint density at radius 2 is 1.87 bits per heavy atom. The minimum absolute atomic E-state index is 0.589. The maximum atomic E-state index is 6.10. The largest absolute Gasteiger partial charge is 0.298 e. The van der Waals surface area contributed by atoms with Gasteiger partial charge in [-0.2, -0.15) is 0 Å². The maximum absolute atomic E-state index is 6.10. The summed E-state index contributed by atoms with van der Waals surface area (Å²) in [5.41, 5.74) is 0. The Kier molecular flexibility index (Phi) is 1.47. The molecule has 80 valence electrons. The fourth-order valence-corrected chi connectivity index (χ4v) is 4.58. The van der Waals surface area contributed by atoms with E-state index in [9.17, 15) is 0 Å². The van der Waals surface area contributed by atoms with E-state index in [1.165, 1.54) is 19.3 Å². The van der Waals surface area contributed by atoms with Crippen LogP contribution >= 0.6 is 11.6 Å². The van der Waals surface area contributed by atoms with E-state index in [1.54, 1.807) is 0 Å². The number of aromatic nitrogens is 3. The lowest BCUT2D eigenvalue weighted by atomic mass is 10.0. The van der Waals surface area contributed by atoms with E-state index >= 15 is 0 Å². The van der Waals surface area contributed by atoms with Crippen molar-refractivity contribution < 1.29 is 0 Å². The van der Waals surface area contributed by atoms with Crippen LogP contribution in [0.25, 0.3) is 0 Å². The van der Waals surface area contributed by atoms with E-state index in [0.29, 0.717) is 11.3 Å². The molecule has 3 aliphatic carbocycles. The first-order valence-electron chi connectivity index (χ1n) is 5.84. The Hall–Kier alpha value is -0.570. The van der Waals surface area contributed by atoms with Crippen molar-refractivity contribution >= 4 is 11.6 Å². The molecule has 15 heavy (non-hydrogen) atoms. The van der Waals surface area contributed by atoms with Gasteiger partial charge in [-0.1, -0.05) is 0 Å². The maximum Gasteiger partial charge on any atom is 0.225 e. The standard InChI is InChI=1S/C11H14ClN3/c1-5-13-14-11(12)15(5)10-8-6-2-3-7(4-6)9(8)10/h6-10H,2-4H2,1H3. The molecule has 0 spiro atoms. The summed E-state index contributed by atoms with van der Waals surface area (Å²) in [7, 11) is 0. The first-order valence-corrected chi connectivity index (χ1v) is 6.22. The normalized spacial score (nSPS) is 45.9. The Morgan fingerprint density at radius 3 is 2.40 bits per heavy atom. The molecule has 2 bridgehead atoms. The van der Waals surface area contributed by atoms with E-state index < -0.39 is 0 Å². The summed E-state index contributed by atoms with van der Waals surface area (Å²) in [6.07, 6.45) is 4.37. The van der Waals surface area contributed by atoms with Gasteiger partial charge in [0.25, 0.3) is 0 Å². The predicted molar refractivity (Wildman–Crippen MR) is 56.6 cm³/mol. The molecule has 4 rings (SSSR count). The SMILES string of the molecule is Cc1nnc(Cl)n1C1C2C3CCC(C3)C21. The average molecular weight is 224 g/mol. The Morgan fingerprint density at radius 1 is 1.20 bits per heavy atom. The lowest BCUT2D eigenvalue weighted by Crippen LogP contribution is -2.06. The van der Waals surface area contributed by atoms with Gasteiger partial charge in [-0.3, -0.25) is 4.57 Å². The zero-order valence-corrected chi connectivity index (χ0v) is 9.48. The quantitative estimate of drug-likeness (QED) is 0.732. The van der Waals surface area contributed by atoms with Crippen LogP contribution in [0.4, 0.5) is 0 Å². The number of hydrogen-bond acceptors (Lipinski definition) is 2. The third kappa shape index (κ3) is 0.930. The van der Waals surface area contributed by atoms with Crippen LogP contribution in [-0.2, 0) is 0 Å². The number of fused-ring (bicyclic) bond motifs is 5. The second kappa shape index (κ2) is 2.57. The van der Waals surface area contributed by atoms with E-state index in [2.05, 4.69) is 14.8 Å². The number of aryl methyl sites for hydroxylation is 1. The van der Waals surface area contributed by atoms with Crippen LogP contribution in [0.2, 0.25) is 5.28 Å². The third-order valence-electron chi connectivity index (χ3n) is 4.82. The molecule has 3 saturated carbocycles. The van der Waals surface area contributed by atoms with Crippen LogP contribution in [0.3, 0.4) is 0 Å². The van der Waals surface area contributed by atoms with Crippen molar-refractivity contribution in [1.29, 1.82) is 0 Å². The first-order chi connectivity index (χ1) is 7.27. The Labute approximate surface area is 93.8 Å². The molecule has 3 nitrogen and oxygen atoms in total. The molecule has 0 amide bonds. The molecule has 1 heterocycles. The number of hydrogen-bond donors (Lipinski definition) is 0. The van der Waals surface area contributed by atoms with Crippen LogP contribution in [-0.4, -0.2) is 14.8 Å². The summed E-state index contributed by atoms with van der Waals surface area (Å²) < 4.78 is 2.17. The van der Waals surface area contributed by atoms with Crippen LogP contribution < -0.4 is 0 Å². The van der Waals surface area contributed by atoms with Gasteiger partial charge in [0.1, 0.15) is 5.82 Å². The molecule has 0 radical (unpaired) electrons. The Balaban J connectivity index is 1.72. The van der Waals surface area contributed by atoms with Crippen molar-refractivity contribution in [2.75, 3.05) is 0 Å². The first kappa shape index (κ1) is 8.57. The number of halogens is 1. The summed E-state index contributed by atoms with van der Waals surface area (Å²) in [6, 6.07) is 0.638. The predicted octanol–water partition coefficient (Wildman–Crippen LogP) is 2.46. The van der Waals surface area contributed by atoms with Crippen molar-refractivity contribution in [3.05, 3.63) is 11.1 Å². The van der Waals surface area contributed by atoms with Crippen molar-refractivity contribution in [2.24, 2.45) is 23.7 Å². The van der Waals surface area contributed by atoms with Gasteiger partial charge in [-0.05, 0) is 61.5 Å². The van der Waals surface area contributed by atoms with Gasteiger partial charge in [0.05, 0.1) is 0 Å². The Bertz CT molecular complexity index is 392. The topological polar surface area (TPSA) is 30.7 Å². The highest BCUT2D eigenvalue weighted by atomic mass is 35.5. The second-order valence-corrected chi connectivity index (χ2v) is 5.70. The third-order valence-corrected chi connectivity index (χ3v) is 5.08. The summed E-state index contributed by atoms with van der Waals surface area (Å²) in [4.78, 5) is 0. The number of rotatable bonds is 1. The van der Waals surface area contributed by atoms with Gasteiger partial charge >= 0.3 is 0 Å². The van der Waals surface area contributed by atoms with Crippen molar-refractivity contribution in [1.82, 2.24) is 14.8 Å². The molecule has 4 atom stereocenters. The van der Waals surface area contributed by atoms with E-state index in [4.69, 9.17) is 11.6 Å². The summed E-state index contributed by atoms with van der Waals surface area (Å²) in [5.74, 6) is 4.73. The molecular weight excluding hydrogens is 210 g/mol. The molecule has 0 aliphatic heterocycles. The second-order valence-electron chi connectivity index (χ2n) is 5.36. The zero-order chi connectivity index (χ0) is 10.2. The monoisotopic (exact) mass is 223 g/mol. The average Bonchev–Trinajstić information content (AvgIpc) is 2.61. The molecule has 4 heteroatoms. The van der Waals surface area contributed by atoms with Gasteiger partial charge in [-0.15, -0.1) is 10.2 Å². The fourth-order valence-electron chi connectivity index (χ4n) is 4.31. The van der Waals surface area contributed by atoms with Gasteiger partial charge in [0, 0.05) is 6.04 Å². The van der Waals surface area contributed by atoms with Gasteiger partial charge in [0.15, 0.2) is 0 Å². The molecule has 0 aromatic carbocycles. The lowest BCUT2D eigenvalue weighted by molar-refractivity contribution is 0.449. The highest BCUT2D eigenvalue weighted by molar-refractivity contribution is 6.28. The van der Waals surface area contributed by atoms with E-state index in [0.717, 1.165) is 29.5 Å². The fraction of sp³-hybridized carbons (Fsp3) is 0.818. The highest BCUT2D eigenvalue weighted by Gasteiger charge is 2.66. The van der Waals surface area contributed by atoms with Crippen LogP contribution in [0.1, 0.15) is 31.1 Å². The minimum atomic E-state index is 0.589. The molecule has 4 unspecified atom stereocenters. The van der Waals surface area contributed by atoms with Gasteiger partial charge in [-0.25, -0.2) is 0 Å². The number of nitrogens with zero attached hydrogens (tertiary/aromatic N) is 3. The summed E-state index contributed by atoms with van der Waals surface area (Å²) >= 11 is 6.10. The smallest absolute Gasteiger partial charge is 0.225 e. The van der Waals surface area contributed by atoms with E-state index in [-0.39, 0.29) is 0 Å². The molecule has 0 N–H and O–H groups in total. The van der Waals surface area contributed by atoms with Gasteiger partial charge < -0.3 is 0 Å². The highest BCUT2D eigenvalue weighted by Crippen LogP contribution is 2.71. The zero-order valence-electron chi connectivity index (χ0n) is 8.73. The molecule has 0 saturated heterocycles. The van der Waals surface area contributed by atoms with Crippen LogP contribution in [0.15, 0.2) is 0 Å². The molecule has 1 aromatic heterocycles. The van der Waals surface area contributed by atoms with Crippen LogP contribution in [0, 0.1) is 30.6 Å². The lowest BCUT2D eigenvalue weighted by Gasteiger charge is -2.11. The van der Waals surface area contributed by atoms with Crippen molar-refractivity contribution in [3.8, 4) is 0 Å². The molecule has 1 aromatic rings. The van der Waals surface area contributed by atoms with Gasteiger partial charge in [0.2, 0.25) is 5.28 Å². The molecular formula is C11H14ClN3. The molecule has 3 aliphatic rings. The van der Waals surface area contributed by atoms with Crippen LogP contribution in [0.5, 0.6) is 0 Å². The van der Waals surface area contributed by atoms with E-state index in [1.807, 2.05) is 6.92 Å². The molecule has 3 fully saturated rings. The minimum Gasteiger partial charge on any atom is -0.298 e. The van der Waals surface area contributed by atoms with Crippen molar-refractivity contribution in [3.63, 3.8) is 0 Å². The summed E-state index contributed by atoms with van der Waals surface area (Å²) in [6.45, 7) is 2.01. The summed E-state index contributed by atoms with van der Waals surface area (Å²) in [5, 5.41) is 8.60. The van der Waals surface area contributed by atoms with Crippen molar-refractivity contribution in [2.45, 2.75) is 32.2 Å².